The number of hydrogen-bond donors (Lipinski definition) is 2. The van der Waals surface area contributed by atoms with Crippen LogP contribution in [-0.2, 0) is 4.79 Å². The van der Waals surface area contributed by atoms with Crippen LogP contribution in [0.25, 0.3) is 6.08 Å². The molecule has 0 aliphatic rings. The highest BCUT2D eigenvalue weighted by molar-refractivity contribution is 14.1. The van der Waals surface area contributed by atoms with Crippen molar-refractivity contribution in [3.05, 3.63) is 33.3 Å². The topological polar surface area (TPSA) is 37.3 Å². The molecule has 0 bridgehead atoms. The predicted molar refractivity (Wildman–Crippen MR) is 89.2 cm³/mol. The first-order valence-corrected chi connectivity index (χ1v) is 7.39. The van der Waals surface area contributed by atoms with Crippen molar-refractivity contribution in [2.45, 2.75) is 0 Å². The van der Waals surface area contributed by atoms with Crippen LogP contribution in [0.15, 0.2) is 17.0 Å². The van der Waals surface area contributed by atoms with Crippen molar-refractivity contribution in [1.82, 2.24) is 0 Å². The minimum atomic E-state index is -1.01. The van der Waals surface area contributed by atoms with Gasteiger partial charge in [-0.05, 0) is 86.0 Å². The number of carboxylic acids is 1. The van der Waals surface area contributed by atoms with Crippen LogP contribution < -0.4 is 0 Å². The number of carbonyl (C=O) groups is 1. The molecule has 0 radical (unpaired) electrons. The Morgan fingerprint density at radius 3 is 2.33 bits per heavy atom. The fourth-order valence-electron chi connectivity index (χ4n) is 0.874. The number of hydrogen-bond acceptors (Lipinski definition) is 2. The Morgan fingerprint density at radius 1 is 1.27 bits per heavy atom. The molecule has 0 aliphatic heterocycles. The number of aliphatic carboxylic acids is 1. The Morgan fingerprint density at radius 2 is 1.80 bits per heavy atom. The average Bonchev–Trinajstić information content (AvgIpc) is 2.18. The van der Waals surface area contributed by atoms with Crippen LogP contribution in [0, 0.1) is 10.7 Å². The SMILES string of the molecule is O=C(O)/C(S)=C/c1c(I)ccc(I)c1I. The van der Waals surface area contributed by atoms with E-state index in [-0.39, 0.29) is 4.91 Å². The van der Waals surface area contributed by atoms with Crippen molar-refractivity contribution in [1.29, 1.82) is 0 Å². The van der Waals surface area contributed by atoms with Crippen LogP contribution in [-0.4, -0.2) is 11.1 Å². The summed E-state index contributed by atoms with van der Waals surface area (Å²) in [6.07, 6.45) is 1.58. The fraction of sp³-hybridized carbons (Fsp3) is 0. The summed E-state index contributed by atoms with van der Waals surface area (Å²) in [4.78, 5) is 10.7. The molecule has 80 valence electrons. The quantitative estimate of drug-likeness (QED) is 0.251. The third kappa shape index (κ3) is 3.73. The summed E-state index contributed by atoms with van der Waals surface area (Å²) in [6, 6.07) is 3.96. The normalized spacial score (nSPS) is 11.6. The van der Waals surface area contributed by atoms with Crippen LogP contribution in [0.3, 0.4) is 0 Å². The Hall–Kier alpha value is 0.970. The zero-order chi connectivity index (χ0) is 11.6. The van der Waals surface area contributed by atoms with Gasteiger partial charge >= 0.3 is 5.97 Å². The smallest absolute Gasteiger partial charge is 0.341 e. The number of thiol groups is 1. The maximum Gasteiger partial charge on any atom is 0.341 e. The standard InChI is InChI=1S/C9H5I3O2S/c10-5-1-2-6(11)8(12)4(5)3-7(15)9(13)14/h1-3,15H,(H,13,14)/b7-3-. The zero-order valence-electron chi connectivity index (χ0n) is 7.17. The first-order chi connectivity index (χ1) is 6.93. The van der Waals surface area contributed by atoms with E-state index in [4.69, 9.17) is 5.11 Å². The van der Waals surface area contributed by atoms with Gasteiger partial charge in [-0.2, -0.15) is 0 Å². The molecule has 1 rings (SSSR count). The van der Waals surface area contributed by atoms with Crippen LogP contribution in [0.5, 0.6) is 0 Å². The second-order valence-corrected chi connectivity index (χ2v) is 6.48. The second-order valence-electron chi connectivity index (χ2n) is 2.59. The van der Waals surface area contributed by atoms with Crippen molar-refractivity contribution in [2.75, 3.05) is 0 Å². The molecule has 6 heteroatoms. The van der Waals surface area contributed by atoms with E-state index in [1.165, 1.54) is 0 Å². The Bertz CT molecular complexity index is 443. The monoisotopic (exact) mass is 558 g/mol. The fourth-order valence-corrected chi connectivity index (χ4v) is 3.22. The lowest BCUT2D eigenvalue weighted by Gasteiger charge is -2.05. The zero-order valence-corrected chi connectivity index (χ0v) is 14.5. The number of halogens is 3. The van der Waals surface area contributed by atoms with E-state index < -0.39 is 5.97 Å². The van der Waals surface area contributed by atoms with Crippen molar-refractivity contribution in [2.24, 2.45) is 0 Å². The maximum atomic E-state index is 10.7. The van der Waals surface area contributed by atoms with Crippen LogP contribution >= 0.6 is 80.4 Å². The molecule has 1 aromatic carbocycles. The summed E-state index contributed by atoms with van der Waals surface area (Å²) in [5.41, 5.74) is 0.913. The van der Waals surface area contributed by atoms with Gasteiger partial charge in [0.05, 0.1) is 4.91 Å². The van der Waals surface area contributed by atoms with Gasteiger partial charge in [0.2, 0.25) is 0 Å². The summed E-state index contributed by atoms with van der Waals surface area (Å²) in [5.74, 6) is -1.01. The van der Waals surface area contributed by atoms with Gasteiger partial charge < -0.3 is 5.11 Å². The van der Waals surface area contributed by atoms with E-state index in [1.54, 1.807) is 6.08 Å². The first kappa shape index (κ1) is 14.0. The average molecular weight is 558 g/mol. The second kappa shape index (κ2) is 6.05. The largest absolute Gasteiger partial charge is 0.477 e. The molecule has 0 heterocycles. The maximum absolute atomic E-state index is 10.7. The number of benzene rings is 1. The highest BCUT2D eigenvalue weighted by Gasteiger charge is 2.09. The predicted octanol–water partition coefficient (Wildman–Crippen LogP) is 3.86. The highest BCUT2D eigenvalue weighted by atomic mass is 127. The summed E-state index contributed by atoms with van der Waals surface area (Å²) >= 11 is 10.5. The molecule has 1 N–H and O–H groups in total. The summed E-state index contributed by atoms with van der Waals surface area (Å²) < 4.78 is 3.17. The molecule has 0 unspecified atom stereocenters. The van der Waals surface area contributed by atoms with Crippen molar-refractivity contribution < 1.29 is 9.90 Å². The van der Waals surface area contributed by atoms with Gasteiger partial charge in [0.25, 0.3) is 0 Å². The lowest BCUT2D eigenvalue weighted by Crippen LogP contribution is -1.96. The van der Waals surface area contributed by atoms with E-state index in [0.717, 1.165) is 16.3 Å². The molecule has 0 saturated carbocycles. The number of rotatable bonds is 2. The van der Waals surface area contributed by atoms with E-state index >= 15 is 0 Å². The summed E-state index contributed by atoms with van der Waals surface area (Å²) in [6.45, 7) is 0. The highest BCUT2D eigenvalue weighted by Crippen LogP contribution is 2.26. The lowest BCUT2D eigenvalue weighted by atomic mass is 10.2. The first-order valence-electron chi connectivity index (χ1n) is 3.71. The van der Waals surface area contributed by atoms with Gasteiger partial charge in [-0.3, -0.25) is 0 Å². The van der Waals surface area contributed by atoms with Gasteiger partial charge in [-0.15, -0.1) is 12.6 Å². The van der Waals surface area contributed by atoms with Crippen molar-refractivity contribution >= 4 is 92.4 Å². The lowest BCUT2D eigenvalue weighted by molar-refractivity contribution is -0.131. The van der Waals surface area contributed by atoms with Gasteiger partial charge in [-0.25, -0.2) is 4.79 Å². The third-order valence-electron chi connectivity index (χ3n) is 1.58. The van der Waals surface area contributed by atoms with Gasteiger partial charge in [0.1, 0.15) is 0 Å². The van der Waals surface area contributed by atoms with Gasteiger partial charge in [-0.1, -0.05) is 0 Å². The molecule has 0 amide bonds. The third-order valence-corrected chi connectivity index (χ3v) is 5.93. The van der Waals surface area contributed by atoms with E-state index in [2.05, 4.69) is 80.4 Å². The molecule has 1 aromatic rings. The molecular weight excluding hydrogens is 553 g/mol. The Labute approximate surface area is 134 Å². The van der Waals surface area contributed by atoms with Gasteiger partial charge in [0.15, 0.2) is 0 Å². The Balaban J connectivity index is 3.32. The Kier molecular flexibility index (Phi) is 5.66. The van der Waals surface area contributed by atoms with Gasteiger partial charge in [0, 0.05) is 16.3 Å². The van der Waals surface area contributed by atoms with Crippen LogP contribution in [0.2, 0.25) is 0 Å². The summed E-state index contributed by atoms with van der Waals surface area (Å²) in [7, 11) is 0. The molecular formula is C9H5I3O2S. The molecule has 0 aliphatic carbocycles. The van der Waals surface area contributed by atoms with E-state index in [9.17, 15) is 4.79 Å². The van der Waals surface area contributed by atoms with Crippen molar-refractivity contribution in [3.8, 4) is 0 Å². The minimum Gasteiger partial charge on any atom is -0.477 e. The van der Waals surface area contributed by atoms with Crippen LogP contribution in [0.1, 0.15) is 5.56 Å². The molecule has 0 fully saturated rings. The molecule has 0 spiro atoms. The molecule has 2 nitrogen and oxygen atoms in total. The molecule has 0 atom stereocenters. The van der Waals surface area contributed by atoms with Crippen LogP contribution in [0.4, 0.5) is 0 Å². The van der Waals surface area contributed by atoms with E-state index in [0.29, 0.717) is 0 Å². The molecule has 0 saturated heterocycles. The number of carboxylic acid groups (broad SMARTS) is 1. The minimum absolute atomic E-state index is 0.0489. The van der Waals surface area contributed by atoms with E-state index in [1.807, 2.05) is 12.1 Å². The summed E-state index contributed by atoms with van der Waals surface area (Å²) in [5, 5.41) is 8.74. The molecule has 0 aromatic heterocycles. The molecule has 15 heavy (non-hydrogen) atoms. The van der Waals surface area contributed by atoms with Crippen molar-refractivity contribution in [3.63, 3.8) is 0 Å².